The van der Waals surface area contributed by atoms with E-state index < -0.39 is 16.0 Å². The lowest BCUT2D eigenvalue weighted by Gasteiger charge is -2.21. The number of primary sulfonamides is 1. The van der Waals surface area contributed by atoms with Crippen molar-refractivity contribution >= 4 is 33.2 Å². The molecule has 0 fully saturated rings. The van der Waals surface area contributed by atoms with Crippen molar-refractivity contribution in [2.75, 3.05) is 6.61 Å². The van der Waals surface area contributed by atoms with Crippen molar-refractivity contribution in [2.45, 2.75) is 64.3 Å². The molecule has 3 aromatic rings. The number of unbranched alkanes of at least 4 members (excludes halogenated alkanes) is 1. The molecular weight excluding hydrogens is 522 g/mol. The Labute approximate surface area is 228 Å². The van der Waals surface area contributed by atoms with Gasteiger partial charge in [-0.15, -0.1) is 11.3 Å². The summed E-state index contributed by atoms with van der Waals surface area (Å²) in [6.07, 6.45) is 5.50. The normalized spacial score (nSPS) is 11.5. The quantitative estimate of drug-likeness (QED) is 0.243. The number of hydrogen-bond acceptors (Lipinski definition) is 7. The Morgan fingerprint density at radius 3 is 2.34 bits per heavy atom. The van der Waals surface area contributed by atoms with E-state index in [1.54, 1.807) is 29.4 Å². The number of thiophene rings is 1. The number of carbonyl (C=O) groups excluding carboxylic acids is 2. The van der Waals surface area contributed by atoms with Crippen LogP contribution in [0.1, 0.15) is 66.9 Å². The Balaban J connectivity index is 2.00. The third kappa shape index (κ3) is 7.72. The number of benzene rings is 1. The van der Waals surface area contributed by atoms with Crippen molar-refractivity contribution in [1.29, 1.82) is 0 Å². The topological polar surface area (TPSA) is 120 Å². The van der Waals surface area contributed by atoms with E-state index in [9.17, 15) is 18.0 Å². The molecule has 0 bridgehead atoms. The van der Waals surface area contributed by atoms with Crippen LogP contribution in [0.4, 0.5) is 0 Å². The number of amides is 1. The Hall–Kier alpha value is -3.08. The number of pyridine rings is 1. The molecule has 0 unspecified atom stereocenters. The first-order valence-electron chi connectivity index (χ1n) is 12.6. The van der Waals surface area contributed by atoms with Crippen LogP contribution in [0.2, 0.25) is 0 Å². The predicted molar refractivity (Wildman–Crippen MR) is 149 cm³/mol. The van der Waals surface area contributed by atoms with Crippen LogP contribution in [0.25, 0.3) is 11.1 Å². The third-order valence-corrected chi connectivity index (χ3v) is 8.57. The summed E-state index contributed by atoms with van der Waals surface area (Å²) in [6, 6.07) is 10.9. The molecule has 204 valence electrons. The molecule has 2 N–H and O–H groups in total. The van der Waals surface area contributed by atoms with E-state index in [4.69, 9.17) is 9.88 Å². The zero-order valence-corrected chi connectivity index (χ0v) is 23.9. The standard InChI is InChI=1S/C28H35N3O5S2/c1-5-6-14-36-27(33)26-24(15-19(2)3)37-28(38(29,34)35)25(26)23-11-9-21(10-12-23)17-31(20(4)32)18-22-8-7-13-30-16-22/h7-13,16,19H,5-6,14-15,17-18H2,1-4H3,(H2,29,34,35). The smallest absolute Gasteiger partial charge is 0.339 e. The second-order valence-electron chi connectivity index (χ2n) is 9.63. The molecule has 38 heavy (non-hydrogen) atoms. The number of nitrogens with zero attached hydrogens (tertiary/aromatic N) is 2. The highest BCUT2D eigenvalue weighted by Gasteiger charge is 2.30. The number of rotatable bonds is 12. The summed E-state index contributed by atoms with van der Waals surface area (Å²) >= 11 is 1.03. The zero-order chi connectivity index (χ0) is 27.9. The van der Waals surface area contributed by atoms with Gasteiger partial charge in [-0.25, -0.2) is 18.4 Å². The molecule has 10 heteroatoms. The molecule has 8 nitrogen and oxygen atoms in total. The minimum absolute atomic E-state index is 0.0507. The van der Waals surface area contributed by atoms with Crippen LogP contribution in [-0.4, -0.2) is 36.8 Å². The number of carbonyl (C=O) groups is 2. The lowest BCUT2D eigenvalue weighted by Crippen LogP contribution is -2.27. The number of sulfonamides is 1. The fourth-order valence-corrected chi connectivity index (χ4v) is 6.54. The molecular formula is C28H35N3O5S2. The minimum Gasteiger partial charge on any atom is -0.462 e. The van der Waals surface area contributed by atoms with E-state index in [0.717, 1.165) is 28.9 Å². The summed E-state index contributed by atoms with van der Waals surface area (Å²) in [6.45, 7) is 8.55. The van der Waals surface area contributed by atoms with E-state index in [-0.39, 0.29) is 33.8 Å². The van der Waals surface area contributed by atoms with Crippen LogP contribution in [0, 0.1) is 5.92 Å². The lowest BCUT2D eigenvalue weighted by molar-refractivity contribution is -0.130. The molecule has 1 amide bonds. The molecule has 1 aromatic carbocycles. The average molecular weight is 558 g/mol. The number of hydrogen-bond donors (Lipinski definition) is 1. The highest BCUT2D eigenvalue weighted by atomic mass is 32.2. The Kier molecular flexibility index (Phi) is 10.2. The first kappa shape index (κ1) is 29.5. The zero-order valence-electron chi connectivity index (χ0n) is 22.3. The van der Waals surface area contributed by atoms with Crippen molar-refractivity contribution in [1.82, 2.24) is 9.88 Å². The molecule has 2 aromatic heterocycles. The average Bonchev–Trinajstić information content (AvgIpc) is 3.24. The maximum Gasteiger partial charge on any atom is 0.339 e. The molecule has 0 aliphatic rings. The molecule has 0 aliphatic heterocycles. The number of esters is 1. The van der Waals surface area contributed by atoms with Crippen LogP contribution in [-0.2, 0) is 39.1 Å². The van der Waals surface area contributed by atoms with Crippen molar-refractivity contribution < 1.29 is 22.7 Å². The molecule has 0 atom stereocenters. The Morgan fingerprint density at radius 2 is 1.79 bits per heavy atom. The first-order chi connectivity index (χ1) is 18.0. The number of aromatic nitrogens is 1. The van der Waals surface area contributed by atoms with Crippen LogP contribution in [0.15, 0.2) is 53.0 Å². The summed E-state index contributed by atoms with van der Waals surface area (Å²) in [5, 5.41) is 5.61. The van der Waals surface area contributed by atoms with Gasteiger partial charge in [-0.1, -0.05) is 57.5 Å². The monoisotopic (exact) mass is 557 g/mol. The van der Waals surface area contributed by atoms with Gasteiger partial charge in [0.25, 0.3) is 0 Å². The van der Waals surface area contributed by atoms with E-state index >= 15 is 0 Å². The van der Waals surface area contributed by atoms with Gasteiger partial charge in [-0.05, 0) is 41.5 Å². The van der Waals surface area contributed by atoms with Gasteiger partial charge in [0.1, 0.15) is 4.21 Å². The molecule has 0 spiro atoms. The number of nitrogens with two attached hydrogens (primary N) is 1. The van der Waals surface area contributed by atoms with Gasteiger partial charge >= 0.3 is 5.97 Å². The van der Waals surface area contributed by atoms with Crippen molar-refractivity contribution in [3.05, 3.63) is 70.4 Å². The van der Waals surface area contributed by atoms with Gasteiger partial charge in [0, 0.05) is 42.8 Å². The first-order valence-corrected chi connectivity index (χ1v) is 15.0. The van der Waals surface area contributed by atoms with Gasteiger partial charge in [-0.2, -0.15) is 0 Å². The highest BCUT2D eigenvalue weighted by Crippen LogP contribution is 2.41. The maximum absolute atomic E-state index is 13.2. The van der Waals surface area contributed by atoms with E-state index in [0.29, 0.717) is 36.4 Å². The summed E-state index contributed by atoms with van der Waals surface area (Å²) in [4.78, 5) is 32.0. The number of ether oxygens (including phenoxy) is 1. The molecule has 0 saturated heterocycles. The summed E-state index contributed by atoms with van der Waals surface area (Å²) in [5.74, 6) is -0.432. The van der Waals surface area contributed by atoms with Gasteiger partial charge in [0.2, 0.25) is 15.9 Å². The Bertz CT molecular complexity index is 1350. The lowest BCUT2D eigenvalue weighted by atomic mass is 9.98. The van der Waals surface area contributed by atoms with Crippen molar-refractivity contribution in [3.63, 3.8) is 0 Å². The summed E-state index contributed by atoms with van der Waals surface area (Å²) in [7, 11) is -4.10. The molecule has 2 heterocycles. The summed E-state index contributed by atoms with van der Waals surface area (Å²) < 4.78 is 30.7. The van der Waals surface area contributed by atoms with Crippen molar-refractivity contribution in [2.24, 2.45) is 11.1 Å². The van der Waals surface area contributed by atoms with E-state index in [2.05, 4.69) is 4.98 Å². The third-order valence-electron chi connectivity index (χ3n) is 5.89. The van der Waals surface area contributed by atoms with Crippen LogP contribution in [0.3, 0.4) is 0 Å². The highest BCUT2D eigenvalue weighted by molar-refractivity contribution is 7.91. The second kappa shape index (κ2) is 13.1. The van der Waals surface area contributed by atoms with Gasteiger partial charge < -0.3 is 9.64 Å². The molecule has 0 radical (unpaired) electrons. The molecule has 0 aliphatic carbocycles. The van der Waals surface area contributed by atoms with E-state index in [1.807, 2.05) is 45.0 Å². The SMILES string of the molecule is CCCCOC(=O)c1c(CC(C)C)sc(S(N)(=O)=O)c1-c1ccc(CN(Cc2cccnc2)C(C)=O)cc1. The van der Waals surface area contributed by atoms with Gasteiger partial charge in [0.05, 0.1) is 12.2 Å². The van der Waals surface area contributed by atoms with Crippen LogP contribution < -0.4 is 5.14 Å². The van der Waals surface area contributed by atoms with Gasteiger partial charge in [0.15, 0.2) is 0 Å². The summed E-state index contributed by atoms with van der Waals surface area (Å²) in [5.41, 5.74) is 2.86. The predicted octanol–water partition coefficient (Wildman–Crippen LogP) is 5.16. The molecule has 0 saturated carbocycles. The van der Waals surface area contributed by atoms with Crippen LogP contribution >= 0.6 is 11.3 Å². The van der Waals surface area contributed by atoms with Crippen LogP contribution in [0.5, 0.6) is 0 Å². The molecule has 3 rings (SSSR count). The largest absolute Gasteiger partial charge is 0.462 e. The fraction of sp³-hybridized carbons (Fsp3) is 0.393. The second-order valence-corrected chi connectivity index (χ2v) is 12.5. The maximum atomic E-state index is 13.2. The minimum atomic E-state index is -4.10. The fourth-order valence-electron chi connectivity index (χ4n) is 4.02. The Morgan fingerprint density at radius 1 is 1.11 bits per heavy atom. The van der Waals surface area contributed by atoms with Gasteiger partial charge in [-0.3, -0.25) is 9.78 Å². The van der Waals surface area contributed by atoms with Crippen molar-refractivity contribution in [3.8, 4) is 11.1 Å². The van der Waals surface area contributed by atoms with E-state index in [1.165, 1.54) is 6.92 Å².